The van der Waals surface area contributed by atoms with Crippen molar-refractivity contribution in [3.8, 4) is 5.88 Å². The van der Waals surface area contributed by atoms with E-state index in [0.29, 0.717) is 51.9 Å². The molecule has 32 heavy (non-hydrogen) atoms. The molecule has 0 saturated carbocycles. The highest BCUT2D eigenvalue weighted by Crippen LogP contribution is 2.23. The van der Waals surface area contributed by atoms with Crippen LogP contribution in [0.15, 0.2) is 22.9 Å². The van der Waals surface area contributed by atoms with Crippen LogP contribution in [0.1, 0.15) is 28.7 Å². The molecular weight excluding hydrogens is 480 g/mol. The number of ether oxygens (including phenoxy) is 2. The van der Waals surface area contributed by atoms with Crippen LogP contribution < -0.4 is 15.8 Å². The van der Waals surface area contributed by atoms with Crippen LogP contribution in [-0.2, 0) is 18.4 Å². The molecule has 0 saturated heterocycles. The summed E-state index contributed by atoms with van der Waals surface area (Å²) >= 11 is 3.34. The summed E-state index contributed by atoms with van der Waals surface area (Å²) in [6.45, 7) is 4.30. The lowest BCUT2D eigenvalue weighted by Gasteiger charge is -2.15. The SMILES string of the molecule is COc1nc(Br)cn2c(C(=O)N[C@H](C)COCc3cc(N)c4nnn(C)c4c3)c(C)nc12. The Hall–Kier alpha value is -3.25. The number of nitrogens with one attached hydrogen (secondary N) is 1. The first kappa shape index (κ1) is 22.0. The van der Waals surface area contributed by atoms with Crippen LogP contribution in [0.25, 0.3) is 16.7 Å². The first-order valence-corrected chi connectivity index (χ1v) is 10.6. The van der Waals surface area contributed by atoms with Crippen molar-refractivity contribution in [3.63, 3.8) is 0 Å². The zero-order valence-electron chi connectivity index (χ0n) is 18.1. The van der Waals surface area contributed by atoms with Crippen molar-refractivity contribution in [1.82, 2.24) is 34.7 Å². The summed E-state index contributed by atoms with van der Waals surface area (Å²) in [7, 11) is 3.32. The highest BCUT2D eigenvalue weighted by atomic mass is 79.9. The Kier molecular flexibility index (Phi) is 5.98. The lowest BCUT2D eigenvalue weighted by atomic mass is 10.2. The van der Waals surface area contributed by atoms with Gasteiger partial charge >= 0.3 is 0 Å². The summed E-state index contributed by atoms with van der Waals surface area (Å²) < 4.78 is 14.9. The van der Waals surface area contributed by atoms with Crippen LogP contribution in [0.4, 0.5) is 5.69 Å². The zero-order valence-corrected chi connectivity index (χ0v) is 19.7. The Bertz CT molecular complexity index is 1320. The fraction of sp³-hybridized carbons (Fsp3) is 0.350. The van der Waals surface area contributed by atoms with Gasteiger partial charge in [-0.1, -0.05) is 5.21 Å². The number of anilines is 1. The molecule has 1 amide bonds. The summed E-state index contributed by atoms with van der Waals surface area (Å²) in [4.78, 5) is 21.6. The molecule has 0 radical (unpaired) electrons. The summed E-state index contributed by atoms with van der Waals surface area (Å²) in [5, 5.41) is 11.0. The van der Waals surface area contributed by atoms with E-state index in [-0.39, 0.29) is 11.9 Å². The van der Waals surface area contributed by atoms with Gasteiger partial charge in [-0.25, -0.2) is 14.6 Å². The van der Waals surface area contributed by atoms with Gasteiger partial charge < -0.3 is 20.5 Å². The van der Waals surface area contributed by atoms with Gasteiger partial charge in [-0.15, -0.1) is 5.10 Å². The number of rotatable bonds is 7. The summed E-state index contributed by atoms with van der Waals surface area (Å²) in [6.07, 6.45) is 1.68. The van der Waals surface area contributed by atoms with Gasteiger partial charge in [0.25, 0.3) is 11.8 Å². The molecule has 0 aliphatic heterocycles. The second kappa shape index (κ2) is 8.71. The first-order chi connectivity index (χ1) is 15.3. The predicted octanol–water partition coefficient (Wildman–Crippen LogP) is 2.01. The third-order valence-corrected chi connectivity index (χ3v) is 5.33. The third kappa shape index (κ3) is 4.10. The van der Waals surface area contributed by atoms with Crippen molar-refractivity contribution in [1.29, 1.82) is 0 Å². The Balaban J connectivity index is 1.42. The van der Waals surface area contributed by atoms with E-state index in [0.717, 1.165) is 11.1 Å². The van der Waals surface area contributed by atoms with E-state index in [1.807, 2.05) is 26.1 Å². The molecule has 12 heteroatoms. The number of hydrogen-bond acceptors (Lipinski definition) is 8. The maximum absolute atomic E-state index is 13.0. The van der Waals surface area contributed by atoms with E-state index in [1.54, 1.807) is 22.2 Å². The van der Waals surface area contributed by atoms with Crippen LogP contribution in [0.3, 0.4) is 0 Å². The van der Waals surface area contributed by atoms with Crippen molar-refractivity contribution in [2.45, 2.75) is 26.5 Å². The monoisotopic (exact) mass is 502 g/mol. The maximum atomic E-state index is 13.0. The minimum Gasteiger partial charge on any atom is -0.478 e. The number of hydrogen-bond donors (Lipinski definition) is 2. The number of amides is 1. The van der Waals surface area contributed by atoms with Crippen molar-refractivity contribution in [3.05, 3.63) is 39.9 Å². The standard InChI is InChI=1S/C20H23BrN8O3/c1-10(8-32-9-12-5-13(22)16-14(6-12)28(3)27-26-16)23-19(30)17-11(2)24-18-20(31-4)25-15(21)7-29(17)18/h5-7,10H,8-9,22H2,1-4H3,(H,23,30)/t10-/m1/s1. The van der Waals surface area contributed by atoms with Gasteiger partial charge in [0.2, 0.25) is 5.65 Å². The molecule has 1 atom stereocenters. The second-order valence-electron chi connectivity index (χ2n) is 7.47. The normalized spacial score (nSPS) is 12.4. The largest absolute Gasteiger partial charge is 0.478 e. The van der Waals surface area contributed by atoms with Crippen LogP contribution in [0, 0.1) is 6.92 Å². The van der Waals surface area contributed by atoms with Crippen molar-refractivity contribution in [2.24, 2.45) is 7.05 Å². The van der Waals surface area contributed by atoms with Crippen LogP contribution in [0.2, 0.25) is 0 Å². The molecule has 0 fully saturated rings. The first-order valence-electron chi connectivity index (χ1n) is 9.84. The lowest BCUT2D eigenvalue weighted by molar-refractivity contribution is 0.0815. The molecule has 168 valence electrons. The number of fused-ring (bicyclic) bond motifs is 2. The van der Waals surface area contributed by atoms with Gasteiger partial charge in [-0.05, 0) is 47.5 Å². The van der Waals surface area contributed by atoms with Gasteiger partial charge in [0, 0.05) is 19.3 Å². The minimum absolute atomic E-state index is 0.237. The number of nitrogen functional groups attached to an aromatic ring is 1. The van der Waals surface area contributed by atoms with Crippen LogP contribution in [-0.4, -0.2) is 55.0 Å². The number of aromatic nitrogens is 6. The molecule has 0 unspecified atom stereocenters. The average molecular weight is 503 g/mol. The molecule has 4 aromatic rings. The fourth-order valence-corrected chi connectivity index (χ4v) is 3.87. The van der Waals surface area contributed by atoms with E-state index in [2.05, 4.69) is 41.5 Å². The van der Waals surface area contributed by atoms with Gasteiger partial charge in [0.1, 0.15) is 15.8 Å². The molecule has 0 spiro atoms. The Morgan fingerprint density at radius 1 is 1.34 bits per heavy atom. The fourth-order valence-electron chi connectivity index (χ4n) is 3.50. The lowest BCUT2D eigenvalue weighted by Crippen LogP contribution is -2.36. The van der Waals surface area contributed by atoms with Gasteiger partial charge in [-0.3, -0.25) is 9.20 Å². The number of benzene rings is 1. The van der Waals surface area contributed by atoms with E-state index in [4.69, 9.17) is 15.2 Å². The summed E-state index contributed by atoms with van der Waals surface area (Å²) in [6, 6.07) is 3.52. The third-order valence-electron chi connectivity index (χ3n) is 4.95. The van der Waals surface area contributed by atoms with Gasteiger partial charge in [-0.2, -0.15) is 0 Å². The quantitative estimate of drug-likeness (QED) is 0.366. The van der Waals surface area contributed by atoms with E-state index < -0.39 is 0 Å². The number of nitrogens with two attached hydrogens (primary N) is 1. The van der Waals surface area contributed by atoms with Gasteiger partial charge in [0.15, 0.2) is 0 Å². The Morgan fingerprint density at radius 3 is 2.88 bits per heavy atom. The molecule has 0 aliphatic rings. The van der Waals surface area contributed by atoms with Crippen LogP contribution >= 0.6 is 15.9 Å². The number of halogens is 1. The number of imidazole rings is 1. The molecule has 4 rings (SSSR count). The highest BCUT2D eigenvalue weighted by molar-refractivity contribution is 9.10. The molecule has 3 N–H and O–H groups in total. The predicted molar refractivity (Wildman–Crippen MR) is 121 cm³/mol. The number of aryl methyl sites for hydroxylation is 2. The van der Waals surface area contributed by atoms with Crippen molar-refractivity contribution >= 4 is 44.2 Å². The number of nitrogens with zero attached hydrogens (tertiary/aromatic N) is 6. The minimum atomic E-state index is -0.266. The van der Waals surface area contributed by atoms with E-state index in [9.17, 15) is 4.79 Å². The number of carbonyl (C=O) groups is 1. The molecular formula is C20H23BrN8O3. The molecule has 1 aromatic carbocycles. The number of methoxy groups -OCH3 is 1. The molecule has 3 aromatic heterocycles. The summed E-state index contributed by atoms with van der Waals surface area (Å²) in [5.41, 5.74) is 10.5. The topological polar surface area (TPSA) is 134 Å². The highest BCUT2D eigenvalue weighted by Gasteiger charge is 2.21. The molecule has 0 bridgehead atoms. The zero-order chi connectivity index (χ0) is 23.0. The molecule has 3 heterocycles. The Morgan fingerprint density at radius 2 is 2.12 bits per heavy atom. The van der Waals surface area contributed by atoms with E-state index in [1.165, 1.54) is 7.11 Å². The Labute approximate surface area is 192 Å². The van der Waals surface area contributed by atoms with Crippen molar-refractivity contribution in [2.75, 3.05) is 19.5 Å². The molecule has 0 aliphatic carbocycles. The van der Waals surface area contributed by atoms with E-state index >= 15 is 0 Å². The average Bonchev–Trinajstić information content (AvgIpc) is 3.27. The second-order valence-corrected chi connectivity index (χ2v) is 8.28. The smallest absolute Gasteiger partial charge is 0.270 e. The summed E-state index contributed by atoms with van der Waals surface area (Å²) in [5.74, 6) is 0.0654. The molecule has 11 nitrogen and oxygen atoms in total. The van der Waals surface area contributed by atoms with Gasteiger partial charge in [0.05, 0.1) is 37.2 Å². The number of carbonyl (C=O) groups excluding carboxylic acids is 1. The van der Waals surface area contributed by atoms with Crippen LogP contribution in [0.5, 0.6) is 5.88 Å². The van der Waals surface area contributed by atoms with Crippen molar-refractivity contribution < 1.29 is 14.3 Å². The maximum Gasteiger partial charge on any atom is 0.270 e.